The van der Waals surface area contributed by atoms with E-state index in [-0.39, 0.29) is 18.5 Å². The Morgan fingerprint density at radius 1 is 1.33 bits per heavy atom. The molecule has 5 N–H and O–H groups in total. The van der Waals surface area contributed by atoms with E-state index in [0.29, 0.717) is 5.75 Å². The van der Waals surface area contributed by atoms with Gasteiger partial charge in [-0.2, -0.15) is 4.98 Å². The zero-order valence-corrected chi connectivity index (χ0v) is 22.0. The van der Waals surface area contributed by atoms with Gasteiger partial charge in [-0.15, -0.1) is 0 Å². The number of hydrogen-bond acceptors (Lipinski definition) is 11. The highest BCUT2D eigenvalue weighted by Crippen LogP contribution is 2.47. The Morgan fingerprint density at radius 3 is 2.61 bits per heavy atom. The van der Waals surface area contributed by atoms with Gasteiger partial charge in [0.25, 0.3) is 0 Å². The second-order valence-electron chi connectivity index (χ2n) is 8.77. The maximum atomic E-state index is 12.4. The molecule has 0 amide bonds. The topological polar surface area (TPSA) is 167 Å². The number of esters is 1. The molecule has 3 rings (SSSR count). The first kappa shape index (κ1) is 28.2. The molecule has 2 aromatic rings. The molecule has 1 aromatic carbocycles. The van der Waals surface area contributed by atoms with Crippen molar-refractivity contribution < 1.29 is 33.5 Å². The smallest absolute Gasteiger partial charge is 0.351 e. The van der Waals surface area contributed by atoms with Crippen LogP contribution in [0.5, 0.6) is 5.75 Å². The van der Waals surface area contributed by atoms with Gasteiger partial charge in [0, 0.05) is 6.20 Å². The molecule has 1 saturated heterocycles. The highest BCUT2D eigenvalue weighted by atomic mass is 32.5. The number of rotatable bonds is 10. The van der Waals surface area contributed by atoms with Crippen molar-refractivity contribution >= 4 is 30.2 Å². The fourth-order valence-electron chi connectivity index (χ4n) is 3.49. The van der Waals surface area contributed by atoms with Crippen molar-refractivity contribution in [3.63, 3.8) is 0 Å². The van der Waals surface area contributed by atoms with Crippen molar-refractivity contribution in [3.05, 3.63) is 53.1 Å². The zero-order chi connectivity index (χ0) is 26.7. The third-order valence-corrected chi connectivity index (χ3v) is 7.79. The Balaban J connectivity index is 1.79. The van der Waals surface area contributed by atoms with Crippen LogP contribution in [0.1, 0.15) is 33.9 Å². The molecule has 1 fully saturated rings. The second kappa shape index (κ2) is 11.3. The van der Waals surface area contributed by atoms with Gasteiger partial charge in [0.15, 0.2) is 6.23 Å². The summed E-state index contributed by atoms with van der Waals surface area (Å²) in [5, 5.41) is 24.6. The molecule has 198 valence electrons. The van der Waals surface area contributed by atoms with Gasteiger partial charge in [-0.25, -0.2) is 9.88 Å². The average Bonchev–Trinajstić information content (AvgIpc) is 3.01. The molecule has 0 saturated carbocycles. The first-order valence-electron chi connectivity index (χ1n) is 11.2. The van der Waals surface area contributed by atoms with Crippen molar-refractivity contribution in [1.29, 1.82) is 0 Å². The number of nitrogens with two attached hydrogens (primary N) is 1. The van der Waals surface area contributed by atoms with Crippen molar-refractivity contribution in [2.75, 3.05) is 12.3 Å². The summed E-state index contributed by atoms with van der Waals surface area (Å²) < 4.78 is 23.9. The molecule has 0 aliphatic carbocycles. The van der Waals surface area contributed by atoms with Gasteiger partial charge >= 0.3 is 18.3 Å². The number of anilines is 1. The summed E-state index contributed by atoms with van der Waals surface area (Å²) >= 11 is 5.65. The third kappa shape index (κ3) is 6.68. The summed E-state index contributed by atoms with van der Waals surface area (Å²) in [7, 11) is 0. The monoisotopic (exact) mass is 542 g/mol. The lowest BCUT2D eigenvalue weighted by Crippen LogP contribution is -2.46. The lowest BCUT2D eigenvalue weighted by molar-refractivity contribution is -0.149. The molecule has 2 heterocycles. The number of carbonyl (C=O) groups is 1. The molecule has 0 radical (unpaired) electrons. The Morgan fingerprint density at radius 2 is 2.00 bits per heavy atom. The predicted octanol–water partition coefficient (Wildman–Crippen LogP) is 1.08. The van der Waals surface area contributed by atoms with E-state index in [1.807, 2.05) is 0 Å². The van der Waals surface area contributed by atoms with Crippen LogP contribution in [0.3, 0.4) is 0 Å². The summed E-state index contributed by atoms with van der Waals surface area (Å²) in [6.45, 7) is 2.59. The lowest BCUT2D eigenvalue weighted by Gasteiger charge is -2.28. The van der Waals surface area contributed by atoms with Crippen LogP contribution in [0.25, 0.3) is 0 Å². The number of nitrogens with one attached hydrogen (secondary N) is 1. The number of nitrogen functional groups attached to an aromatic ring is 1. The highest BCUT2D eigenvalue weighted by Gasteiger charge is 2.54. The van der Waals surface area contributed by atoms with Crippen LogP contribution in [0, 0.1) is 0 Å². The summed E-state index contributed by atoms with van der Waals surface area (Å²) in [5.41, 5.74) is 2.90. The molecule has 0 bridgehead atoms. The minimum Gasteiger partial charge on any atom is -0.462 e. The molecular weight excluding hydrogens is 511 g/mol. The maximum absolute atomic E-state index is 12.4. The number of nitrogens with zero attached hydrogens (tertiary/aromatic N) is 2. The van der Waals surface area contributed by atoms with E-state index in [1.54, 1.807) is 51.1 Å². The van der Waals surface area contributed by atoms with Crippen LogP contribution in [0.4, 0.5) is 5.82 Å². The average molecular weight is 543 g/mol. The largest absolute Gasteiger partial charge is 0.462 e. The van der Waals surface area contributed by atoms with Gasteiger partial charge in [0.1, 0.15) is 35.4 Å². The summed E-state index contributed by atoms with van der Waals surface area (Å²) in [4.78, 5) is 28.3. The molecule has 1 aromatic heterocycles. The van der Waals surface area contributed by atoms with Crippen LogP contribution in [-0.4, -0.2) is 62.3 Å². The number of aliphatic hydroxyl groups is 2. The Labute approximate surface area is 213 Å². The number of ether oxygens (including phenoxy) is 2. The number of para-hydroxylation sites is 1. The van der Waals surface area contributed by atoms with Crippen LogP contribution in [-0.2, 0) is 30.6 Å². The molecule has 1 aliphatic rings. The molecular formula is C22H31N4O8PS. The molecule has 36 heavy (non-hydrogen) atoms. The SMILES string of the molecule is CC(C)OC(=O)C(C)NP(=S)(OC[C@H]1O[C@@H](n2ccc(N)nc2=O)[C@](C)(O)[C@@H]1O)Oc1ccccc1. The van der Waals surface area contributed by atoms with Crippen LogP contribution < -0.4 is 21.0 Å². The minimum absolute atomic E-state index is 0.00394. The minimum atomic E-state index is -3.41. The predicted molar refractivity (Wildman–Crippen MR) is 135 cm³/mol. The Bertz CT molecular complexity index is 1160. The van der Waals surface area contributed by atoms with Gasteiger partial charge in [-0.05, 0) is 57.7 Å². The number of hydrogen-bond donors (Lipinski definition) is 4. The Kier molecular flexibility index (Phi) is 8.88. The third-order valence-electron chi connectivity index (χ3n) is 5.29. The number of aromatic nitrogens is 2. The zero-order valence-electron chi connectivity index (χ0n) is 20.3. The number of benzene rings is 1. The van der Waals surface area contributed by atoms with E-state index in [1.165, 1.54) is 19.2 Å². The summed E-state index contributed by atoms with van der Waals surface area (Å²) in [6, 6.07) is 9.13. The van der Waals surface area contributed by atoms with Crippen molar-refractivity contribution in [1.82, 2.24) is 14.6 Å². The quantitative estimate of drug-likeness (QED) is 0.250. The van der Waals surface area contributed by atoms with E-state index in [9.17, 15) is 19.8 Å². The van der Waals surface area contributed by atoms with Gasteiger partial charge in [-0.1, -0.05) is 18.2 Å². The fourth-order valence-corrected chi connectivity index (χ4v) is 5.91. The van der Waals surface area contributed by atoms with E-state index in [0.717, 1.165) is 4.57 Å². The van der Waals surface area contributed by atoms with Crippen molar-refractivity contribution in [3.8, 4) is 5.75 Å². The van der Waals surface area contributed by atoms with Crippen LogP contribution >= 0.6 is 6.64 Å². The fraction of sp³-hybridized carbons (Fsp3) is 0.500. The normalized spacial score (nSPS) is 26.4. The molecule has 6 atom stereocenters. The highest BCUT2D eigenvalue weighted by molar-refractivity contribution is 8.09. The second-order valence-corrected chi connectivity index (χ2v) is 11.9. The lowest BCUT2D eigenvalue weighted by atomic mass is 9.96. The number of carbonyl (C=O) groups excluding carboxylic acids is 1. The van der Waals surface area contributed by atoms with E-state index < -0.39 is 48.4 Å². The molecule has 0 spiro atoms. The van der Waals surface area contributed by atoms with E-state index >= 15 is 0 Å². The van der Waals surface area contributed by atoms with Gasteiger partial charge in [0.2, 0.25) is 0 Å². The first-order chi connectivity index (χ1) is 16.8. The van der Waals surface area contributed by atoms with E-state index in [2.05, 4.69) is 10.1 Å². The standard InChI is InChI=1S/C22H31N4O8PS/c1-13(2)32-19(28)14(3)25-35(36,34-15-8-6-5-7-9-15)31-12-16-18(27)22(4,30)20(33-16)26-11-10-17(23)24-21(26)29/h5-11,13-14,16,18,20,27,30H,12H2,1-4H3,(H,25,36)(H2,23,24,29)/t14?,16-,18-,20-,22-,35?/m1/s1. The molecule has 12 nitrogen and oxygen atoms in total. The first-order valence-corrected chi connectivity index (χ1v) is 13.8. The van der Waals surface area contributed by atoms with E-state index in [4.69, 9.17) is 36.1 Å². The van der Waals surface area contributed by atoms with Crippen molar-refractivity contribution in [2.45, 2.75) is 63.9 Å². The molecule has 14 heteroatoms. The van der Waals surface area contributed by atoms with Gasteiger partial charge < -0.3 is 34.5 Å². The van der Waals surface area contributed by atoms with Crippen LogP contribution in [0.15, 0.2) is 47.4 Å². The van der Waals surface area contributed by atoms with Gasteiger partial charge in [-0.3, -0.25) is 9.36 Å². The molecule has 1 aliphatic heterocycles. The van der Waals surface area contributed by atoms with Crippen molar-refractivity contribution in [2.24, 2.45) is 0 Å². The summed E-state index contributed by atoms with van der Waals surface area (Å²) in [5.74, 6) is -0.144. The maximum Gasteiger partial charge on any atom is 0.351 e. The van der Waals surface area contributed by atoms with Crippen LogP contribution in [0.2, 0.25) is 0 Å². The summed E-state index contributed by atoms with van der Waals surface area (Å²) in [6.07, 6.45) is -2.86. The molecule has 2 unspecified atom stereocenters. The van der Waals surface area contributed by atoms with Gasteiger partial charge in [0.05, 0.1) is 12.7 Å². The number of aliphatic hydroxyl groups excluding tert-OH is 1. The Hall–Kier alpha value is -2.38.